The summed E-state index contributed by atoms with van der Waals surface area (Å²) in [6.45, 7) is 22.6. The molecule has 1 aliphatic rings. The van der Waals surface area contributed by atoms with Crippen LogP contribution in [-0.2, 0) is 13.8 Å². The normalized spacial score (nSPS) is 32.4. The lowest BCUT2D eigenvalue weighted by Crippen LogP contribution is -2.58. The molecule has 0 N–H and O–H groups in total. The minimum Gasteiger partial charge on any atom is -0.365 e. The van der Waals surface area contributed by atoms with Gasteiger partial charge >= 0.3 is 0 Å². The summed E-state index contributed by atoms with van der Waals surface area (Å²) in [5.41, 5.74) is -1.63. The Kier molecular flexibility index (Phi) is 3.94. The lowest BCUT2D eigenvalue weighted by Gasteiger charge is -2.51. The summed E-state index contributed by atoms with van der Waals surface area (Å²) in [7, 11) is -2.60. The van der Waals surface area contributed by atoms with Gasteiger partial charge < -0.3 is 9.26 Å². The van der Waals surface area contributed by atoms with Gasteiger partial charge in [0.25, 0.3) is 0 Å². The number of ether oxygens (including phenoxy) is 1. The molecular weight excluding hydrogens is 271 g/mol. The highest BCUT2D eigenvalue weighted by Crippen LogP contribution is 2.67. The molecule has 20 heavy (non-hydrogen) atoms. The first-order chi connectivity index (χ1) is 8.41. The summed E-state index contributed by atoms with van der Waals surface area (Å²) in [6, 6.07) is 0. The second kappa shape index (κ2) is 4.33. The molecule has 1 aliphatic heterocycles. The fraction of sp³-hybridized carbons (Fsp3) is 1.00. The first-order valence-corrected chi connectivity index (χ1v) is 9.89. The molecule has 1 saturated heterocycles. The standard InChI is InChI=1S/C16H33O3P/c1-12(2)13(3,4)16(9,18-14(12,5)6)15(7,8)19-20(10,11)17/h1-11H3/t16-/m0/s1. The Balaban J connectivity index is 3.40. The van der Waals surface area contributed by atoms with Gasteiger partial charge in [-0.15, -0.1) is 0 Å². The van der Waals surface area contributed by atoms with E-state index < -0.39 is 18.6 Å². The molecule has 1 fully saturated rings. The van der Waals surface area contributed by atoms with Crippen LogP contribution in [-0.4, -0.2) is 30.1 Å². The quantitative estimate of drug-likeness (QED) is 0.693. The Bertz CT molecular complexity index is 443. The zero-order valence-electron chi connectivity index (χ0n) is 15.2. The van der Waals surface area contributed by atoms with Crippen LogP contribution in [0.2, 0.25) is 0 Å². The molecular formula is C16H33O3P. The zero-order valence-corrected chi connectivity index (χ0v) is 16.1. The Morgan fingerprint density at radius 2 is 1.30 bits per heavy atom. The van der Waals surface area contributed by atoms with Gasteiger partial charge in [0.2, 0.25) is 0 Å². The molecule has 0 amide bonds. The third-order valence-corrected chi connectivity index (χ3v) is 7.21. The summed E-state index contributed by atoms with van der Waals surface area (Å²) >= 11 is 0. The van der Waals surface area contributed by atoms with E-state index in [1.165, 1.54) is 0 Å². The van der Waals surface area contributed by atoms with E-state index in [0.717, 1.165) is 0 Å². The fourth-order valence-electron chi connectivity index (χ4n) is 3.63. The summed E-state index contributed by atoms with van der Waals surface area (Å²) in [5.74, 6) is 0. The number of rotatable bonds is 3. The van der Waals surface area contributed by atoms with Gasteiger partial charge in [-0.05, 0) is 34.6 Å². The summed E-state index contributed by atoms with van der Waals surface area (Å²) < 4.78 is 24.7. The van der Waals surface area contributed by atoms with E-state index in [1.807, 2.05) is 13.8 Å². The van der Waals surface area contributed by atoms with E-state index in [-0.39, 0.29) is 16.4 Å². The molecule has 0 bridgehead atoms. The highest BCUT2D eigenvalue weighted by atomic mass is 31.2. The topological polar surface area (TPSA) is 35.5 Å². The van der Waals surface area contributed by atoms with Gasteiger partial charge in [0, 0.05) is 24.2 Å². The van der Waals surface area contributed by atoms with Crippen molar-refractivity contribution in [3.63, 3.8) is 0 Å². The zero-order chi connectivity index (χ0) is 16.4. The molecule has 0 radical (unpaired) electrons. The maximum atomic E-state index is 12.2. The van der Waals surface area contributed by atoms with Crippen LogP contribution >= 0.6 is 7.37 Å². The second-order valence-electron chi connectivity index (χ2n) is 8.75. The van der Waals surface area contributed by atoms with Crippen LogP contribution in [0.25, 0.3) is 0 Å². The highest BCUT2D eigenvalue weighted by molar-refractivity contribution is 7.57. The first kappa shape index (κ1) is 18.2. The molecule has 1 atom stereocenters. The predicted molar refractivity (Wildman–Crippen MR) is 85.7 cm³/mol. The van der Waals surface area contributed by atoms with Crippen molar-refractivity contribution in [2.45, 2.75) is 79.1 Å². The van der Waals surface area contributed by atoms with Crippen LogP contribution in [0.5, 0.6) is 0 Å². The Labute approximate surface area is 125 Å². The fourth-order valence-corrected chi connectivity index (χ4v) is 4.90. The van der Waals surface area contributed by atoms with Gasteiger partial charge in [-0.2, -0.15) is 0 Å². The minimum absolute atomic E-state index is 0.0408. The van der Waals surface area contributed by atoms with Crippen LogP contribution in [0, 0.1) is 10.8 Å². The van der Waals surface area contributed by atoms with Crippen LogP contribution < -0.4 is 0 Å². The van der Waals surface area contributed by atoms with Crippen LogP contribution in [0.3, 0.4) is 0 Å². The maximum absolute atomic E-state index is 12.2. The molecule has 0 aromatic heterocycles. The number of hydrogen-bond donors (Lipinski definition) is 0. The molecule has 120 valence electrons. The molecule has 0 unspecified atom stereocenters. The molecule has 0 saturated carbocycles. The van der Waals surface area contributed by atoms with Crippen molar-refractivity contribution in [2.24, 2.45) is 10.8 Å². The molecule has 0 aliphatic carbocycles. The summed E-state index contributed by atoms with van der Waals surface area (Å²) in [6.07, 6.45) is 0. The van der Waals surface area contributed by atoms with Crippen molar-refractivity contribution < 1.29 is 13.8 Å². The van der Waals surface area contributed by atoms with E-state index in [1.54, 1.807) is 13.3 Å². The van der Waals surface area contributed by atoms with Gasteiger partial charge in [0.15, 0.2) is 7.37 Å². The second-order valence-corrected chi connectivity index (χ2v) is 11.4. The van der Waals surface area contributed by atoms with Crippen LogP contribution in [0.4, 0.5) is 0 Å². The van der Waals surface area contributed by atoms with E-state index in [2.05, 4.69) is 48.5 Å². The summed E-state index contributed by atoms with van der Waals surface area (Å²) in [5, 5.41) is 0. The van der Waals surface area contributed by atoms with Crippen molar-refractivity contribution in [2.75, 3.05) is 13.3 Å². The Morgan fingerprint density at radius 1 is 0.900 bits per heavy atom. The van der Waals surface area contributed by atoms with E-state index in [9.17, 15) is 4.57 Å². The largest absolute Gasteiger partial charge is 0.365 e. The van der Waals surface area contributed by atoms with Crippen LogP contribution in [0.15, 0.2) is 0 Å². The first-order valence-electron chi connectivity index (χ1n) is 7.37. The minimum atomic E-state index is -2.60. The molecule has 4 heteroatoms. The lowest BCUT2D eigenvalue weighted by molar-refractivity contribution is -0.188. The maximum Gasteiger partial charge on any atom is 0.197 e. The van der Waals surface area contributed by atoms with E-state index in [4.69, 9.17) is 9.26 Å². The molecule has 0 aromatic rings. The summed E-state index contributed by atoms with van der Waals surface area (Å²) in [4.78, 5) is 0. The van der Waals surface area contributed by atoms with Crippen molar-refractivity contribution in [3.05, 3.63) is 0 Å². The third kappa shape index (κ3) is 2.30. The average molecular weight is 304 g/mol. The van der Waals surface area contributed by atoms with Gasteiger partial charge in [-0.3, -0.25) is 4.57 Å². The SMILES string of the molecule is CC1(C)O[C@](C)(C(C)(C)OP(C)(C)=O)C(C)(C)C1(C)C. The molecule has 1 rings (SSSR count). The Morgan fingerprint density at radius 3 is 1.55 bits per heavy atom. The molecule has 0 spiro atoms. The van der Waals surface area contributed by atoms with Crippen molar-refractivity contribution in [1.82, 2.24) is 0 Å². The highest BCUT2D eigenvalue weighted by Gasteiger charge is 2.70. The lowest BCUT2D eigenvalue weighted by atomic mass is 9.54. The molecule has 3 nitrogen and oxygen atoms in total. The van der Waals surface area contributed by atoms with E-state index >= 15 is 0 Å². The van der Waals surface area contributed by atoms with Gasteiger partial charge in [0.1, 0.15) is 5.60 Å². The molecule has 1 heterocycles. The Hall–Kier alpha value is 0.150. The number of hydrogen-bond acceptors (Lipinski definition) is 3. The van der Waals surface area contributed by atoms with Gasteiger partial charge in [0.05, 0.1) is 11.2 Å². The van der Waals surface area contributed by atoms with Crippen molar-refractivity contribution >= 4 is 7.37 Å². The average Bonchev–Trinajstić information content (AvgIpc) is 2.19. The van der Waals surface area contributed by atoms with Crippen LogP contribution in [0.1, 0.15) is 62.3 Å². The predicted octanol–water partition coefficient (Wildman–Crippen LogP) is 4.94. The van der Waals surface area contributed by atoms with Crippen molar-refractivity contribution in [1.29, 1.82) is 0 Å². The van der Waals surface area contributed by atoms with Crippen molar-refractivity contribution in [3.8, 4) is 0 Å². The third-order valence-electron chi connectivity index (χ3n) is 6.32. The van der Waals surface area contributed by atoms with Gasteiger partial charge in [-0.25, -0.2) is 0 Å². The smallest absolute Gasteiger partial charge is 0.197 e. The van der Waals surface area contributed by atoms with Gasteiger partial charge in [-0.1, -0.05) is 27.7 Å². The molecule has 0 aromatic carbocycles. The monoisotopic (exact) mass is 304 g/mol. The van der Waals surface area contributed by atoms with E-state index in [0.29, 0.717) is 0 Å².